The molecular weight excluding hydrogens is 176 g/mol. The third-order valence-corrected chi connectivity index (χ3v) is 1.98. The van der Waals surface area contributed by atoms with Crippen molar-refractivity contribution in [2.75, 3.05) is 0 Å². The van der Waals surface area contributed by atoms with Gasteiger partial charge in [-0.1, -0.05) is 30.3 Å². The number of hydrogen-bond acceptors (Lipinski definition) is 2. The quantitative estimate of drug-likeness (QED) is 0.684. The first-order valence-corrected chi connectivity index (χ1v) is 4.39. The third-order valence-electron chi connectivity index (χ3n) is 1.98. The molecule has 0 aliphatic carbocycles. The Bertz CT molecular complexity index is 445. The first kappa shape index (κ1) is 8.69. The van der Waals surface area contributed by atoms with Crippen LogP contribution < -0.4 is 0 Å². The molecule has 0 aliphatic heterocycles. The van der Waals surface area contributed by atoms with Crippen molar-refractivity contribution >= 4 is 5.91 Å². The molecule has 0 amide bonds. The van der Waals surface area contributed by atoms with Crippen molar-refractivity contribution in [3.05, 3.63) is 42.6 Å². The molecule has 2 rings (SSSR count). The molecule has 0 fully saturated rings. The number of carbonyl (C=O) groups is 1. The second-order valence-corrected chi connectivity index (χ2v) is 3.03. The average molecular weight is 186 g/mol. The van der Waals surface area contributed by atoms with Gasteiger partial charge in [0.05, 0.1) is 5.69 Å². The smallest absolute Gasteiger partial charge is 0.243 e. The fraction of sp³-hybridized carbons (Fsp3) is 0.0909. The predicted octanol–water partition coefficient (Wildman–Crippen LogP) is 2.21. The number of carbonyl (C=O) groups excluding carboxylic acids is 1. The Balaban J connectivity index is 2.39. The van der Waals surface area contributed by atoms with E-state index in [4.69, 9.17) is 0 Å². The molecule has 2 aromatic rings. The Morgan fingerprint density at radius 2 is 1.93 bits per heavy atom. The summed E-state index contributed by atoms with van der Waals surface area (Å²) >= 11 is 0. The Morgan fingerprint density at radius 3 is 2.50 bits per heavy atom. The van der Waals surface area contributed by atoms with Gasteiger partial charge < -0.3 is 0 Å². The van der Waals surface area contributed by atoms with Gasteiger partial charge in [-0.2, -0.15) is 5.10 Å². The summed E-state index contributed by atoms with van der Waals surface area (Å²) in [6.07, 6.45) is 1.67. The molecule has 3 nitrogen and oxygen atoms in total. The highest BCUT2D eigenvalue weighted by Crippen LogP contribution is 2.15. The van der Waals surface area contributed by atoms with Crippen molar-refractivity contribution in [2.45, 2.75) is 6.92 Å². The van der Waals surface area contributed by atoms with E-state index in [0.717, 1.165) is 11.3 Å². The lowest BCUT2D eigenvalue weighted by atomic mass is 10.2. The van der Waals surface area contributed by atoms with E-state index in [0.29, 0.717) is 0 Å². The molecule has 0 radical (unpaired) electrons. The maximum atomic E-state index is 11.0. The summed E-state index contributed by atoms with van der Waals surface area (Å²) in [4.78, 5) is 11.0. The van der Waals surface area contributed by atoms with Gasteiger partial charge in [-0.25, -0.2) is 4.68 Å². The van der Waals surface area contributed by atoms with Crippen molar-refractivity contribution < 1.29 is 4.79 Å². The van der Waals surface area contributed by atoms with E-state index >= 15 is 0 Å². The van der Waals surface area contributed by atoms with Crippen LogP contribution >= 0.6 is 0 Å². The standard InChI is InChI=1S/C11H10N2O/c1-9(14)13-8-7-11(12-13)10-5-3-2-4-6-10/h2-8H,1H3. The zero-order valence-electron chi connectivity index (χ0n) is 7.84. The molecule has 70 valence electrons. The van der Waals surface area contributed by atoms with Gasteiger partial charge in [-0.15, -0.1) is 0 Å². The van der Waals surface area contributed by atoms with Gasteiger partial charge in [0.15, 0.2) is 0 Å². The van der Waals surface area contributed by atoms with Crippen LogP contribution in [-0.2, 0) is 0 Å². The molecule has 1 aromatic heterocycles. The minimum atomic E-state index is -0.0767. The van der Waals surface area contributed by atoms with Gasteiger partial charge in [0.2, 0.25) is 5.91 Å². The molecule has 0 unspecified atom stereocenters. The molecule has 0 aliphatic rings. The lowest BCUT2D eigenvalue weighted by Crippen LogP contribution is -2.05. The van der Waals surface area contributed by atoms with Gasteiger partial charge in [0.25, 0.3) is 0 Å². The number of rotatable bonds is 1. The molecule has 0 spiro atoms. The van der Waals surface area contributed by atoms with Gasteiger partial charge in [0.1, 0.15) is 0 Å². The normalized spacial score (nSPS) is 10.1. The highest BCUT2D eigenvalue weighted by atomic mass is 16.2. The van der Waals surface area contributed by atoms with Gasteiger partial charge >= 0.3 is 0 Å². The van der Waals surface area contributed by atoms with Crippen LogP contribution in [-0.4, -0.2) is 15.7 Å². The molecule has 0 saturated heterocycles. The zero-order valence-corrected chi connectivity index (χ0v) is 7.84. The minimum Gasteiger partial charge on any atom is -0.273 e. The molecular formula is C11H10N2O. The van der Waals surface area contributed by atoms with Crippen LogP contribution in [0.25, 0.3) is 11.3 Å². The van der Waals surface area contributed by atoms with Crippen LogP contribution in [0.4, 0.5) is 0 Å². The molecule has 0 atom stereocenters. The Labute approximate surface area is 82.0 Å². The van der Waals surface area contributed by atoms with Crippen LogP contribution in [0, 0.1) is 0 Å². The lowest BCUT2D eigenvalue weighted by Gasteiger charge is -1.94. The second-order valence-electron chi connectivity index (χ2n) is 3.03. The van der Waals surface area contributed by atoms with Crippen molar-refractivity contribution in [2.24, 2.45) is 0 Å². The van der Waals surface area contributed by atoms with Gasteiger partial charge in [-0.05, 0) is 6.07 Å². The number of benzene rings is 1. The summed E-state index contributed by atoms with van der Waals surface area (Å²) in [7, 11) is 0. The van der Waals surface area contributed by atoms with Crippen LogP contribution in [0.15, 0.2) is 42.6 Å². The second kappa shape index (κ2) is 3.46. The maximum Gasteiger partial charge on any atom is 0.243 e. The predicted molar refractivity (Wildman–Crippen MR) is 54.0 cm³/mol. The topological polar surface area (TPSA) is 34.9 Å². The number of hydrogen-bond donors (Lipinski definition) is 0. The van der Waals surface area contributed by atoms with Crippen molar-refractivity contribution in [3.63, 3.8) is 0 Å². The SMILES string of the molecule is CC(=O)n1ccc(-c2ccccc2)n1. The Morgan fingerprint density at radius 1 is 1.21 bits per heavy atom. The average Bonchev–Trinajstić information content (AvgIpc) is 2.68. The van der Waals surface area contributed by atoms with Crippen molar-refractivity contribution in [1.82, 2.24) is 9.78 Å². The van der Waals surface area contributed by atoms with Crippen LogP contribution in [0.2, 0.25) is 0 Å². The lowest BCUT2D eigenvalue weighted by molar-refractivity contribution is 0.0921. The fourth-order valence-corrected chi connectivity index (χ4v) is 1.26. The first-order valence-electron chi connectivity index (χ1n) is 4.39. The summed E-state index contributed by atoms with van der Waals surface area (Å²) in [6, 6.07) is 11.6. The summed E-state index contributed by atoms with van der Waals surface area (Å²) in [5, 5.41) is 4.15. The monoisotopic (exact) mass is 186 g/mol. The van der Waals surface area contributed by atoms with Crippen molar-refractivity contribution in [3.8, 4) is 11.3 Å². The summed E-state index contributed by atoms with van der Waals surface area (Å²) < 4.78 is 1.34. The fourth-order valence-electron chi connectivity index (χ4n) is 1.26. The summed E-state index contributed by atoms with van der Waals surface area (Å²) in [6.45, 7) is 1.49. The first-order chi connectivity index (χ1) is 6.77. The van der Waals surface area contributed by atoms with E-state index in [1.807, 2.05) is 36.4 Å². The molecule has 0 N–H and O–H groups in total. The third kappa shape index (κ3) is 1.57. The van der Waals surface area contributed by atoms with E-state index in [2.05, 4.69) is 5.10 Å². The summed E-state index contributed by atoms with van der Waals surface area (Å²) in [5.74, 6) is -0.0767. The van der Waals surface area contributed by atoms with Gasteiger partial charge in [0, 0.05) is 18.7 Å². The number of nitrogens with zero attached hydrogens (tertiary/aromatic N) is 2. The largest absolute Gasteiger partial charge is 0.273 e. The van der Waals surface area contributed by atoms with E-state index < -0.39 is 0 Å². The molecule has 14 heavy (non-hydrogen) atoms. The molecule has 1 aromatic carbocycles. The van der Waals surface area contributed by atoms with Gasteiger partial charge in [-0.3, -0.25) is 4.79 Å². The number of aromatic nitrogens is 2. The molecule has 0 bridgehead atoms. The van der Waals surface area contributed by atoms with Crippen molar-refractivity contribution in [1.29, 1.82) is 0 Å². The molecule has 1 heterocycles. The highest BCUT2D eigenvalue weighted by molar-refractivity contribution is 5.76. The minimum absolute atomic E-state index is 0.0767. The van der Waals surface area contributed by atoms with Crippen LogP contribution in [0.3, 0.4) is 0 Å². The van der Waals surface area contributed by atoms with E-state index in [1.54, 1.807) is 6.20 Å². The van der Waals surface area contributed by atoms with E-state index in [1.165, 1.54) is 11.6 Å². The highest BCUT2D eigenvalue weighted by Gasteiger charge is 2.03. The zero-order chi connectivity index (χ0) is 9.97. The summed E-state index contributed by atoms with van der Waals surface area (Å²) in [5.41, 5.74) is 1.84. The van der Waals surface area contributed by atoms with E-state index in [-0.39, 0.29) is 5.91 Å². The Hall–Kier alpha value is -1.90. The maximum absolute atomic E-state index is 11.0. The molecule has 3 heteroatoms. The van der Waals surface area contributed by atoms with Crippen LogP contribution in [0.5, 0.6) is 0 Å². The van der Waals surface area contributed by atoms with Crippen LogP contribution in [0.1, 0.15) is 11.7 Å². The molecule has 0 saturated carbocycles. The Kier molecular flexibility index (Phi) is 2.14. The van der Waals surface area contributed by atoms with E-state index in [9.17, 15) is 4.79 Å².